The van der Waals surface area contributed by atoms with Crippen LogP contribution in [-0.2, 0) is 0 Å². The Kier molecular flexibility index (Phi) is 2.77. The minimum atomic E-state index is -0.0849. The summed E-state index contributed by atoms with van der Waals surface area (Å²) in [5.41, 5.74) is 0.547. The van der Waals surface area contributed by atoms with Gasteiger partial charge in [-0.25, -0.2) is 4.98 Å². The topological polar surface area (TPSA) is 54.0 Å². The molecule has 4 nitrogen and oxygen atoms in total. The summed E-state index contributed by atoms with van der Waals surface area (Å²) in [5.74, 6) is 0.516. The second-order valence-corrected chi connectivity index (χ2v) is 3.95. The second-order valence-electron chi connectivity index (χ2n) is 3.56. The van der Waals surface area contributed by atoms with Crippen LogP contribution in [0.1, 0.15) is 23.2 Å². The Bertz CT molecular complexity index is 390. The van der Waals surface area contributed by atoms with E-state index >= 15 is 0 Å². The summed E-state index contributed by atoms with van der Waals surface area (Å²) in [4.78, 5) is 15.7. The molecular weight excluding hydrogens is 214 g/mol. The van der Waals surface area contributed by atoms with E-state index in [1.54, 1.807) is 19.2 Å². The van der Waals surface area contributed by atoms with E-state index in [9.17, 15) is 4.79 Å². The van der Waals surface area contributed by atoms with Crippen LogP contribution in [0, 0.1) is 0 Å². The van der Waals surface area contributed by atoms with Crippen molar-refractivity contribution in [3.8, 4) is 0 Å². The largest absolute Gasteiger partial charge is 0.373 e. The number of hydrogen-bond acceptors (Lipinski definition) is 3. The summed E-state index contributed by atoms with van der Waals surface area (Å²) in [6, 6.07) is 3.60. The van der Waals surface area contributed by atoms with E-state index < -0.39 is 0 Å². The molecule has 1 heterocycles. The predicted octanol–water partition coefficient (Wildman–Crippen LogP) is 1.67. The maximum Gasteiger partial charge on any atom is 0.251 e. The van der Waals surface area contributed by atoms with Crippen LogP contribution in [0.5, 0.6) is 0 Å². The molecule has 2 N–H and O–H groups in total. The number of carbonyl (C=O) groups excluding carboxylic acids is 1. The van der Waals surface area contributed by atoms with Crippen molar-refractivity contribution in [1.29, 1.82) is 0 Å². The van der Waals surface area contributed by atoms with Crippen molar-refractivity contribution >= 4 is 23.3 Å². The van der Waals surface area contributed by atoms with Crippen molar-refractivity contribution in [3.63, 3.8) is 0 Å². The molecule has 1 aromatic rings. The number of aromatic nitrogens is 1. The van der Waals surface area contributed by atoms with E-state index in [0.29, 0.717) is 22.6 Å². The smallest absolute Gasteiger partial charge is 0.251 e. The highest BCUT2D eigenvalue weighted by atomic mass is 35.5. The van der Waals surface area contributed by atoms with Gasteiger partial charge in [0, 0.05) is 18.7 Å². The van der Waals surface area contributed by atoms with Crippen molar-refractivity contribution < 1.29 is 4.79 Å². The Hall–Kier alpha value is -1.29. The molecule has 1 fully saturated rings. The van der Waals surface area contributed by atoms with Gasteiger partial charge in [0.2, 0.25) is 0 Å². The third-order valence-electron chi connectivity index (χ3n) is 2.22. The number of carbonyl (C=O) groups is 1. The minimum Gasteiger partial charge on any atom is -0.373 e. The van der Waals surface area contributed by atoms with Gasteiger partial charge in [0.05, 0.1) is 0 Å². The van der Waals surface area contributed by atoms with E-state index in [1.165, 1.54) is 0 Å². The fraction of sp³-hybridized carbons (Fsp3) is 0.400. The van der Waals surface area contributed by atoms with Gasteiger partial charge in [0.15, 0.2) is 0 Å². The zero-order valence-corrected chi connectivity index (χ0v) is 9.14. The fourth-order valence-electron chi connectivity index (χ4n) is 1.25. The van der Waals surface area contributed by atoms with Crippen LogP contribution in [0.4, 0.5) is 5.82 Å². The average Bonchev–Trinajstić information content (AvgIpc) is 3.00. The first-order chi connectivity index (χ1) is 7.19. The molecule has 1 aromatic heterocycles. The van der Waals surface area contributed by atoms with E-state index in [0.717, 1.165) is 12.8 Å². The molecule has 2 rings (SSSR count). The van der Waals surface area contributed by atoms with Gasteiger partial charge in [0.25, 0.3) is 5.91 Å². The zero-order valence-electron chi connectivity index (χ0n) is 8.38. The number of rotatable bonds is 3. The fourth-order valence-corrected chi connectivity index (χ4v) is 1.46. The van der Waals surface area contributed by atoms with Crippen LogP contribution in [0.3, 0.4) is 0 Å². The lowest BCUT2D eigenvalue weighted by atomic mass is 10.2. The molecule has 1 saturated carbocycles. The summed E-state index contributed by atoms with van der Waals surface area (Å²) in [7, 11) is 1.74. The molecule has 1 amide bonds. The van der Waals surface area contributed by atoms with Gasteiger partial charge >= 0.3 is 0 Å². The van der Waals surface area contributed by atoms with Crippen LogP contribution in [0.2, 0.25) is 5.15 Å². The van der Waals surface area contributed by atoms with Gasteiger partial charge in [0.1, 0.15) is 11.0 Å². The summed E-state index contributed by atoms with van der Waals surface area (Å²) < 4.78 is 0. The molecule has 0 bridgehead atoms. The van der Waals surface area contributed by atoms with Crippen molar-refractivity contribution in [2.45, 2.75) is 18.9 Å². The molecule has 0 aromatic carbocycles. The van der Waals surface area contributed by atoms with E-state index in [-0.39, 0.29) is 5.91 Å². The Morgan fingerprint density at radius 2 is 2.27 bits per heavy atom. The third-order valence-corrected chi connectivity index (χ3v) is 2.42. The molecule has 0 unspecified atom stereocenters. The molecule has 80 valence electrons. The number of halogens is 1. The molecule has 15 heavy (non-hydrogen) atoms. The van der Waals surface area contributed by atoms with Crippen molar-refractivity contribution in [2.24, 2.45) is 0 Å². The highest BCUT2D eigenvalue weighted by Crippen LogP contribution is 2.20. The molecule has 1 aliphatic rings. The van der Waals surface area contributed by atoms with Crippen molar-refractivity contribution in [2.75, 3.05) is 12.4 Å². The quantitative estimate of drug-likeness (QED) is 0.770. The van der Waals surface area contributed by atoms with Crippen LogP contribution in [0.25, 0.3) is 0 Å². The zero-order chi connectivity index (χ0) is 10.8. The predicted molar refractivity (Wildman–Crippen MR) is 59.3 cm³/mol. The van der Waals surface area contributed by atoms with Crippen LogP contribution in [0.15, 0.2) is 12.1 Å². The van der Waals surface area contributed by atoms with Crippen molar-refractivity contribution in [1.82, 2.24) is 10.3 Å². The molecule has 0 aliphatic heterocycles. The minimum absolute atomic E-state index is 0.0849. The van der Waals surface area contributed by atoms with Gasteiger partial charge in [-0.05, 0) is 25.0 Å². The Morgan fingerprint density at radius 3 is 2.87 bits per heavy atom. The first kappa shape index (κ1) is 10.2. The maximum atomic E-state index is 11.7. The number of hydrogen-bond donors (Lipinski definition) is 2. The van der Waals surface area contributed by atoms with Gasteiger partial charge in [-0.3, -0.25) is 4.79 Å². The second kappa shape index (κ2) is 4.06. The number of nitrogens with one attached hydrogen (secondary N) is 2. The first-order valence-corrected chi connectivity index (χ1v) is 5.23. The van der Waals surface area contributed by atoms with Gasteiger partial charge in [-0.2, -0.15) is 0 Å². The normalized spacial score (nSPS) is 14.8. The summed E-state index contributed by atoms with van der Waals surface area (Å²) in [5, 5.41) is 6.07. The van der Waals surface area contributed by atoms with Crippen molar-refractivity contribution in [3.05, 3.63) is 22.8 Å². The monoisotopic (exact) mass is 225 g/mol. The molecule has 0 atom stereocenters. The highest BCUT2D eigenvalue weighted by molar-refractivity contribution is 6.29. The molecule has 1 aliphatic carbocycles. The van der Waals surface area contributed by atoms with Crippen LogP contribution in [-0.4, -0.2) is 24.0 Å². The average molecular weight is 226 g/mol. The van der Waals surface area contributed by atoms with E-state index in [2.05, 4.69) is 15.6 Å². The Balaban J connectivity index is 2.17. The third kappa shape index (κ3) is 2.59. The van der Waals surface area contributed by atoms with E-state index in [1.807, 2.05) is 0 Å². The standard InChI is InChI=1S/C10H12ClN3O/c1-12-9-5-6(4-8(11)14-9)10(15)13-7-2-3-7/h4-5,7H,2-3H2,1H3,(H,12,14)(H,13,15). The van der Waals surface area contributed by atoms with Crippen LogP contribution < -0.4 is 10.6 Å². The number of nitrogens with zero attached hydrogens (tertiary/aromatic N) is 1. The van der Waals surface area contributed by atoms with Gasteiger partial charge in [-0.15, -0.1) is 0 Å². The lowest BCUT2D eigenvalue weighted by Crippen LogP contribution is -2.25. The SMILES string of the molecule is CNc1cc(C(=O)NC2CC2)cc(Cl)n1. The molecular formula is C10H12ClN3O. The summed E-state index contributed by atoms with van der Waals surface area (Å²) in [6.45, 7) is 0. The Labute approximate surface area is 93.0 Å². The van der Waals surface area contributed by atoms with Gasteiger partial charge < -0.3 is 10.6 Å². The first-order valence-electron chi connectivity index (χ1n) is 4.85. The lowest BCUT2D eigenvalue weighted by molar-refractivity contribution is 0.0951. The molecule has 0 spiro atoms. The Morgan fingerprint density at radius 1 is 1.53 bits per heavy atom. The summed E-state index contributed by atoms with van der Waals surface area (Å²) in [6.07, 6.45) is 2.15. The molecule has 5 heteroatoms. The lowest BCUT2D eigenvalue weighted by Gasteiger charge is -2.05. The van der Waals surface area contributed by atoms with Gasteiger partial charge in [-0.1, -0.05) is 11.6 Å². The number of amides is 1. The number of anilines is 1. The highest BCUT2D eigenvalue weighted by Gasteiger charge is 2.24. The number of pyridine rings is 1. The molecule has 0 radical (unpaired) electrons. The summed E-state index contributed by atoms with van der Waals surface area (Å²) >= 11 is 5.79. The maximum absolute atomic E-state index is 11.7. The van der Waals surface area contributed by atoms with Crippen LogP contribution >= 0.6 is 11.6 Å². The van der Waals surface area contributed by atoms with E-state index in [4.69, 9.17) is 11.6 Å². The molecule has 0 saturated heterocycles.